The second-order valence-electron chi connectivity index (χ2n) is 2.31. The summed E-state index contributed by atoms with van der Waals surface area (Å²) in [5, 5.41) is 0. The molecule has 0 aliphatic heterocycles. The van der Waals surface area contributed by atoms with Gasteiger partial charge in [-0.3, -0.25) is 0 Å². The van der Waals surface area contributed by atoms with E-state index in [1.165, 1.54) is 6.07 Å². The van der Waals surface area contributed by atoms with Crippen LogP contribution in [-0.2, 0) is 0 Å². The van der Waals surface area contributed by atoms with Gasteiger partial charge in [0.15, 0.2) is 0 Å². The Morgan fingerprint density at radius 3 is 2.38 bits per heavy atom. The predicted octanol–water partition coefficient (Wildman–Crippen LogP) is 2.41. The lowest BCUT2D eigenvalue weighted by Gasteiger charge is -2.11. The molecule has 0 unspecified atom stereocenters. The van der Waals surface area contributed by atoms with Gasteiger partial charge in [-0.1, -0.05) is 6.07 Å². The van der Waals surface area contributed by atoms with Crippen molar-refractivity contribution in [2.24, 2.45) is 0 Å². The number of nitrogens with zero attached hydrogens (tertiary/aromatic N) is 1. The van der Waals surface area contributed by atoms with E-state index in [0.717, 1.165) is 12.3 Å². The molecule has 0 saturated heterocycles. The van der Waals surface area contributed by atoms with E-state index in [0.29, 0.717) is 4.60 Å². The Bertz CT molecular complexity index is 324. The molecular formula is C6H3BBrF3NO-. The first-order valence-corrected chi connectivity index (χ1v) is 4.06. The van der Waals surface area contributed by atoms with Gasteiger partial charge in [-0.05, 0) is 22.0 Å². The summed E-state index contributed by atoms with van der Waals surface area (Å²) in [6.07, 6.45) is 0.891. The molecule has 0 atom stereocenters. The maximum absolute atomic E-state index is 11.9. The van der Waals surface area contributed by atoms with Gasteiger partial charge in [0.05, 0.1) is 0 Å². The Labute approximate surface area is 80.3 Å². The zero-order valence-corrected chi connectivity index (χ0v) is 7.76. The minimum Gasteiger partial charge on any atom is -0.443 e. The van der Waals surface area contributed by atoms with E-state index in [1.807, 2.05) is 0 Å². The highest BCUT2D eigenvalue weighted by Crippen LogP contribution is 2.16. The number of carbonyl (C=O) groups excluding carboxylic acids is 1. The lowest BCUT2D eigenvalue weighted by atomic mass is 9.80. The summed E-state index contributed by atoms with van der Waals surface area (Å²) >= 11 is 2.95. The molecule has 0 saturated carbocycles. The molecule has 0 aromatic carbocycles. The van der Waals surface area contributed by atoms with E-state index < -0.39 is 18.2 Å². The van der Waals surface area contributed by atoms with E-state index in [9.17, 15) is 17.7 Å². The summed E-state index contributed by atoms with van der Waals surface area (Å²) in [5.41, 5.74) is -2.25. The van der Waals surface area contributed by atoms with Crippen molar-refractivity contribution in [1.82, 2.24) is 4.98 Å². The number of hydrogen-bond acceptors (Lipinski definition) is 2. The van der Waals surface area contributed by atoms with Gasteiger partial charge in [0.1, 0.15) is 10.3 Å². The molecule has 1 heterocycles. The molecular weight excluding hydrogens is 250 g/mol. The first-order chi connectivity index (χ1) is 5.91. The lowest BCUT2D eigenvalue weighted by molar-refractivity contribution is 0.102. The first kappa shape index (κ1) is 10.2. The maximum atomic E-state index is 11.9. The van der Waals surface area contributed by atoms with Gasteiger partial charge in [-0.2, -0.15) is 0 Å². The highest BCUT2D eigenvalue weighted by Gasteiger charge is 2.34. The largest absolute Gasteiger partial charge is 0.549 e. The van der Waals surface area contributed by atoms with Gasteiger partial charge < -0.3 is 17.7 Å². The van der Waals surface area contributed by atoms with Crippen LogP contribution in [0.3, 0.4) is 0 Å². The van der Waals surface area contributed by atoms with E-state index in [-0.39, 0.29) is 0 Å². The SMILES string of the molecule is O=C(c1ccc(Br)nc1)[B-](F)(F)F. The molecule has 0 amide bonds. The fraction of sp³-hybridized carbons (Fsp3) is 0. The van der Waals surface area contributed by atoms with Crippen molar-refractivity contribution in [2.45, 2.75) is 0 Å². The standard InChI is InChI=1S/C6H3BBrF3NO/c8-5-2-1-4(3-12-5)6(13)7(9,10)11/h1-3H/q-1. The first-order valence-electron chi connectivity index (χ1n) is 3.27. The van der Waals surface area contributed by atoms with Gasteiger partial charge in [0, 0.05) is 11.8 Å². The summed E-state index contributed by atoms with van der Waals surface area (Å²) < 4.78 is 36.1. The minimum atomic E-state index is -5.46. The number of aromatic nitrogens is 1. The Balaban J connectivity index is 2.97. The van der Waals surface area contributed by atoms with Gasteiger partial charge in [0.25, 0.3) is 0 Å². The van der Waals surface area contributed by atoms with E-state index in [4.69, 9.17) is 0 Å². The highest BCUT2D eigenvalue weighted by atomic mass is 79.9. The van der Waals surface area contributed by atoms with Crippen molar-refractivity contribution in [3.63, 3.8) is 0 Å². The topological polar surface area (TPSA) is 30.0 Å². The van der Waals surface area contributed by atoms with Crippen molar-refractivity contribution in [3.05, 3.63) is 28.5 Å². The van der Waals surface area contributed by atoms with Crippen molar-refractivity contribution < 1.29 is 17.7 Å². The molecule has 70 valence electrons. The Hall–Kier alpha value is -0.845. The zero-order valence-electron chi connectivity index (χ0n) is 6.18. The number of rotatable bonds is 2. The van der Waals surface area contributed by atoms with Crippen molar-refractivity contribution in [3.8, 4) is 0 Å². The molecule has 7 heteroatoms. The number of carbonyl (C=O) groups is 1. The van der Waals surface area contributed by atoms with Gasteiger partial charge in [-0.15, -0.1) is 0 Å². The van der Waals surface area contributed by atoms with Crippen LogP contribution >= 0.6 is 15.9 Å². The molecule has 13 heavy (non-hydrogen) atoms. The van der Waals surface area contributed by atoms with Crippen molar-refractivity contribution in [1.29, 1.82) is 0 Å². The summed E-state index contributed by atoms with van der Waals surface area (Å²) in [5.74, 6) is 0. The fourth-order valence-corrected chi connectivity index (χ4v) is 0.945. The van der Waals surface area contributed by atoms with Crippen LogP contribution in [0.1, 0.15) is 10.4 Å². The van der Waals surface area contributed by atoms with E-state index in [1.54, 1.807) is 0 Å². The molecule has 1 aromatic rings. The number of hydrogen-bond donors (Lipinski definition) is 0. The third-order valence-electron chi connectivity index (χ3n) is 1.31. The van der Waals surface area contributed by atoms with Crippen LogP contribution in [0.5, 0.6) is 0 Å². The smallest absolute Gasteiger partial charge is 0.443 e. The van der Waals surface area contributed by atoms with Crippen LogP contribution in [0.4, 0.5) is 12.9 Å². The molecule has 0 aliphatic carbocycles. The van der Waals surface area contributed by atoms with Crippen LogP contribution < -0.4 is 0 Å². The summed E-state index contributed by atoms with van der Waals surface area (Å²) in [4.78, 5) is 14.1. The Kier molecular flexibility index (Phi) is 2.75. The Morgan fingerprint density at radius 1 is 1.38 bits per heavy atom. The third-order valence-corrected chi connectivity index (χ3v) is 1.78. The molecule has 1 rings (SSSR count). The van der Waals surface area contributed by atoms with Crippen LogP contribution in [0.25, 0.3) is 0 Å². The van der Waals surface area contributed by atoms with Gasteiger partial charge in [-0.25, -0.2) is 4.98 Å². The molecule has 0 radical (unpaired) electrons. The normalized spacial score (nSPS) is 11.4. The summed E-state index contributed by atoms with van der Waals surface area (Å²) in [6.45, 7) is -5.46. The molecule has 2 nitrogen and oxygen atoms in total. The van der Waals surface area contributed by atoms with E-state index in [2.05, 4.69) is 20.9 Å². The van der Waals surface area contributed by atoms with Gasteiger partial charge >= 0.3 is 6.98 Å². The number of pyridine rings is 1. The minimum absolute atomic E-state index is 0.388. The molecule has 0 fully saturated rings. The third kappa shape index (κ3) is 2.55. The van der Waals surface area contributed by atoms with Crippen molar-refractivity contribution >= 4 is 28.6 Å². The van der Waals surface area contributed by atoms with Crippen LogP contribution in [-0.4, -0.2) is 17.6 Å². The van der Waals surface area contributed by atoms with Crippen molar-refractivity contribution in [2.75, 3.05) is 0 Å². The monoisotopic (exact) mass is 252 g/mol. The molecule has 1 aromatic heterocycles. The fourth-order valence-electron chi connectivity index (χ4n) is 0.711. The molecule has 0 aliphatic rings. The average molecular weight is 253 g/mol. The highest BCUT2D eigenvalue weighted by molar-refractivity contribution is 9.10. The second-order valence-corrected chi connectivity index (χ2v) is 3.12. The summed E-state index contributed by atoms with van der Waals surface area (Å²) in [6, 6.07) is 2.36. The lowest BCUT2D eigenvalue weighted by Crippen LogP contribution is -2.29. The van der Waals surface area contributed by atoms with Crippen LogP contribution in [0.2, 0.25) is 0 Å². The molecule has 0 N–H and O–H groups in total. The second kappa shape index (κ2) is 3.49. The zero-order chi connectivity index (χ0) is 10.1. The quantitative estimate of drug-likeness (QED) is 0.598. The van der Waals surface area contributed by atoms with Crippen LogP contribution in [0.15, 0.2) is 22.9 Å². The number of halogens is 4. The van der Waals surface area contributed by atoms with Crippen LogP contribution in [0, 0.1) is 0 Å². The van der Waals surface area contributed by atoms with E-state index >= 15 is 0 Å². The molecule has 0 bridgehead atoms. The average Bonchev–Trinajstić information content (AvgIpc) is 2.03. The Morgan fingerprint density at radius 2 is 2.00 bits per heavy atom. The van der Waals surface area contributed by atoms with Gasteiger partial charge in [0.2, 0.25) is 0 Å². The molecule has 0 spiro atoms. The summed E-state index contributed by atoms with van der Waals surface area (Å²) in [7, 11) is 0. The predicted molar refractivity (Wildman–Crippen MR) is 45.3 cm³/mol. The maximum Gasteiger partial charge on any atom is 0.549 e.